The van der Waals surface area contributed by atoms with Gasteiger partial charge in [-0.3, -0.25) is 0 Å². The van der Waals surface area contributed by atoms with Crippen molar-refractivity contribution in [2.45, 2.75) is 77.7 Å². The van der Waals surface area contributed by atoms with E-state index in [2.05, 4.69) is 15.6 Å². The van der Waals surface area contributed by atoms with E-state index in [0.29, 0.717) is 64.9 Å². The summed E-state index contributed by atoms with van der Waals surface area (Å²) in [6.45, 7) is 10.3. The summed E-state index contributed by atoms with van der Waals surface area (Å²) in [5.74, 6) is 2.24. The van der Waals surface area contributed by atoms with E-state index in [-0.39, 0.29) is 12.4 Å². The van der Waals surface area contributed by atoms with Crippen molar-refractivity contribution in [3.63, 3.8) is 0 Å². The van der Waals surface area contributed by atoms with E-state index in [1.165, 1.54) is 12.8 Å². The number of pyridine rings is 1. The van der Waals surface area contributed by atoms with Crippen LogP contribution in [0.1, 0.15) is 51.4 Å². The molecule has 5 rings (SSSR count). The number of furan rings is 1. The molecule has 0 aliphatic heterocycles. The minimum absolute atomic E-state index is 0. The zero-order valence-electron chi connectivity index (χ0n) is 22.5. The zero-order chi connectivity index (χ0) is 26.5. The van der Waals surface area contributed by atoms with E-state index in [4.69, 9.17) is 19.1 Å². The molecule has 2 saturated carbocycles. The molecular formula is C27H38ClN5O5. The summed E-state index contributed by atoms with van der Waals surface area (Å²) >= 11 is 0. The maximum Gasteiger partial charge on any atom is 0.224 e. The first-order valence-corrected chi connectivity index (χ1v) is 13.1. The monoisotopic (exact) mass is 547 g/mol. The molecule has 0 radical (unpaired) electrons. The lowest BCUT2D eigenvalue weighted by Gasteiger charge is -2.28. The van der Waals surface area contributed by atoms with E-state index >= 15 is 0 Å². The lowest BCUT2D eigenvalue weighted by atomic mass is 9.88. The molecule has 0 bridgehead atoms. The molecule has 3 aromatic heterocycles. The van der Waals surface area contributed by atoms with Crippen LogP contribution in [0.15, 0.2) is 16.5 Å². The van der Waals surface area contributed by atoms with Gasteiger partial charge in [-0.25, -0.2) is 9.97 Å². The highest BCUT2D eigenvalue weighted by Gasteiger charge is 2.48. The third kappa shape index (κ3) is 5.68. The predicted molar refractivity (Wildman–Crippen MR) is 148 cm³/mol. The predicted octanol–water partition coefficient (Wildman–Crippen LogP) is 3.84. The quantitative estimate of drug-likeness (QED) is 0.268. The van der Waals surface area contributed by atoms with Crippen LogP contribution in [0.3, 0.4) is 0 Å². The Morgan fingerprint density at radius 3 is 2.45 bits per heavy atom. The molecule has 3 aromatic rings. The summed E-state index contributed by atoms with van der Waals surface area (Å²) in [7, 11) is 0. The van der Waals surface area contributed by atoms with Gasteiger partial charge in [0.2, 0.25) is 11.8 Å². The molecule has 2 fully saturated rings. The minimum atomic E-state index is -1.14. The number of hydrogen-bond acceptors (Lipinski definition) is 10. The zero-order valence-corrected chi connectivity index (χ0v) is 23.3. The van der Waals surface area contributed by atoms with Gasteiger partial charge in [-0.15, -0.1) is 12.4 Å². The topological polar surface area (TPSA) is 146 Å². The van der Waals surface area contributed by atoms with Gasteiger partial charge in [0.05, 0.1) is 41.3 Å². The summed E-state index contributed by atoms with van der Waals surface area (Å²) < 4.78 is 11.9. The molecular weight excluding hydrogens is 510 g/mol. The Bertz CT molecular complexity index is 1290. The Balaban J connectivity index is 0.00000336. The van der Waals surface area contributed by atoms with E-state index in [9.17, 15) is 15.3 Å². The number of aromatic nitrogens is 3. The number of aryl methyl sites for hydroxylation is 2. The van der Waals surface area contributed by atoms with Gasteiger partial charge in [0.25, 0.3) is 0 Å². The van der Waals surface area contributed by atoms with Crippen molar-refractivity contribution in [1.29, 1.82) is 0 Å². The fraction of sp³-hybridized carbons (Fsp3) is 0.593. The van der Waals surface area contributed by atoms with Gasteiger partial charge in [0, 0.05) is 23.9 Å². The number of aliphatic hydroxyl groups excluding tert-OH is 2. The second kappa shape index (κ2) is 10.8. The number of rotatable bonds is 9. The molecule has 0 unspecified atom stereocenters. The van der Waals surface area contributed by atoms with E-state index in [0.717, 1.165) is 11.9 Å². The lowest BCUT2D eigenvalue weighted by Crippen LogP contribution is -2.40. The molecule has 0 aromatic carbocycles. The van der Waals surface area contributed by atoms with Gasteiger partial charge in [0.1, 0.15) is 17.7 Å². The molecule has 3 heterocycles. The van der Waals surface area contributed by atoms with Crippen molar-refractivity contribution >= 4 is 35.1 Å². The summed E-state index contributed by atoms with van der Waals surface area (Å²) in [6.07, 6.45) is 0.650. The van der Waals surface area contributed by atoms with Crippen molar-refractivity contribution < 1.29 is 24.5 Å². The summed E-state index contributed by atoms with van der Waals surface area (Å²) in [5, 5.41) is 39.6. The van der Waals surface area contributed by atoms with Gasteiger partial charge in [0.15, 0.2) is 5.58 Å². The van der Waals surface area contributed by atoms with Gasteiger partial charge in [-0.2, -0.15) is 4.98 Å². The smallest absolute Gasteiger partial charge is 0.224 e. The van der Waals surface area contributed by atoms with Crippen LogP contribution in [0.5, 0.6) is 5.88 Å². The van der Waals surface area contributed by atoms with E-state index in [1.807, 2.05) is 32.9 Å². The number of nitrogens with zero attached hydrogens (tertiary/aromatic N) is 3. The molecule has 0 saturated heterocycles. The molecule has 10 nitrogen and oxygen atoms in total. The van der Waals surface area contributed by atoms with Crippen LogP contribution in [-0.4, -0.2) is 67.3 Å². The second-order valence-corrected chi connectivity index (χ2v) is 10.9. The van der Waals surface area contributed by atoms with Gasteiger partial charge < -0.3 is 35.1 Å². The fourth-order valence-electron chi connectivity index (χ4n) is 5.19. The van der Waals surface area contributed by atoms with Gasteiger partial charge >= 0.3 is 0 Å². The number of anilines is 2. The Morgan fingerprint density at radius 1 is 1.08 bits per heavy atom. The molecule has 0 amide bonds. The molecule has 4 atom stereocenters. The first kappa shape index (κ1) is 28.4. The van der Waals surface area contributed by atoms with Crippen LogP contribution >= 0.6 is 12.4 Å². The molecule has 2 aliphatic carbocycles. The Morgan fingerprint density at radius 2 is 1.82 bits per heavy atom. The summed E-state index contributed by atoms with van der Waals surface area (Å²) in [5.41, 5.74) is 1.60. The maximum atomic E-state index is 10.8. The molecule has 11 heteroatoms. The maximum absolute atomic E-state index is 10.8. The number of aliphatic hydroxyl groups is 3. The number of hydrogen-bond donors (Lipinski definition) is 5. The third-order valence-electron chi connectivity index (χ3n) is 7.43. The van der Waals surface area contributed by atoms with Crippen molar-refractivity contribution in [2.24, 2.45) is 11.8 Å². The Kier molecular flexibility index (Phi) is 8.09. The molecule has 0 spiro atoms. The van der Waals surface area contributed by atoms with E-state index in [1.54, 1.807) is 13.8 Å². The lowest BCUT2D eigenvalue weighted by molar-refractivity contribution is -0.0601. The minimum Gasteiger partial charge on any atom is -0.478 e. The van der Waals surface area contributed by atoms with Crippen LogP contribution < -0.4 is 15.4 Å². The standard InChI is InChI=1S/C27H37N5O5.ClH/c1-6-36-20-10-16-9-19(37-24(16)14(3)29-20)21-13(2)30-26(28-12-15-7-8-15)32-25(21)31-18-11-17(27(4,5)35)22(33)23(18)34;/h9-10,15,17-18,22-23,33-35H,6-8,11-12H2,1-5H3,(H2,28,30,31,32);1H/t17-,18+,22+,23-;/m0./s1. The van der Waals surface area contributed by atoms with Crippen LogP contribution in [0.4, 0.5) is 11.8 Å². The molecule has 208 valence electrons. The fourth-order valence-corrected chi connectivity index (χ4v) is 5.19. The second-order valence-electron chi connectivity index (χ2n) is 10.9. The summed E-state index contributed by atoms with van der Waals surface area (Å²) in [4.78, 5) is 13.9. The highest BCUT2D eigenvalue weighted by molar-refractivity contribution is 5.88. The average molecular weight is 548 g/mol. The van der Waals surface area contributed by atoms with Gasteiger partial charge in [-0.1, -0.05) is 0 Å². The van der Waals surface area contributed by atoms with Crippen molar-refractivity contribution in [3.05, 3.63) is 23.5 Å². The summed E-state index contributed by atoms with van der Waals surface area (Å²) in [6, 6.07) is 3.24. The Hall–Kier alpha value is -2.66. The average Bonchev–Trinajstić information content (AvgIpc) is 3.48. The SMILES string of the molecule is CCOc1cc2cc(-c3c(C)nc(NCC4CC4)nc3N[C@@H]3C[C@H](C(C)(C)O)[C@@H](O)[C@H]3O)oc2c(C)n1.Cl. The van der Waals surface area contributed by atoms with Crippen LogP contribution in [0.25, 0.3) is 22.3 Å². The largest absolute Gasteiger partial charge is 0.478 e. The number of nitrogens with one attached hydrogen (secondary N) is 2. The van der Waals surface area contributed by atoms with E-state index < -0.39 is 29.8 Å². The molecule has 38 heavy (non-hydrogen) atoms. The number of ether oxygens (including phenoxy) is 1. The first-order valence-electron chi connectivity index (χ1n) is 13.1. The molecule has 5 N–H and O–H groups in total. The highest BCUT2D eigenvalue weighted by atomic mass is 35.5. The van der Waals surface area contributed by atoms with Gasteiger partial charge in [-0.05, 0) is 65.9 Å². The Labute approximate surface area is 228 Å². The van der Waals surface area contributed by atoms with Crippen molar-refractivity contribution in [2.75, 3.05) is 23.8 Å². The van der Waals surface area contributed by atoms with Crippen molar-refractivity contribution in [3.8, 4) is 17.2 Å². The van der Waals surface area contributed by atoms with Crippen LogP contribution in [0, 0.1) is 25.7 Å². The number of halogens is 1. The van der Waals surface area contributed by atoms with Crippen LogP contribution in [0.2, 0.25) is 0 Å². The number of fused-ring (bicyclic) bond motifs is 1. The van der Waals surface area contributed by atoms with Crippen molar-refractivity contribution in [1.82, 2.24) is 15.0 Å². The third-order valence-corrected chi connectivity index (χ3v) is 7.43. The highest BCUT2D eigenvalue weighted by Crippen LogP contribution is 2.40. The van der Waals surface area contributed by atoms with Crippen LogP contribution in [-0.2, 0) is 0 Å². The first-order chi connectivity index (χ1) is 17.5. The molecule has 2 aliphatic rings. The normalized spacial score (nSPS) is 23.4.